The number of benzene rings is 2. The Balaban J connectivity index is 1.57. The Morgan fingerprint density at radius 1 is 1.12 bits per heavy atom. The molecule has 3 rings (SSSR count). The smallest absolute Gasteiger partial charge is 0.232 e. The van der Waals surface area contributed by atoms with E-state index >= 15 is 0 Å². The second-order valence-electron chi connectivity index (χ2n) is 5.22. The van der Waals surface area contributed by atoms with E-state index in [0.29, 0.717) is 18.1 Å². The van der Waals surface area contributed by atoms with E-state index in [1.54, 1.807) is 7.11 Å². The lowest BCUT2D eigenvalue weighted by atomic mass is 10.1. The number of anilines is 1. The quantitative estimate of drug-likeness (QED) is 0.755. The molecular formula is C18H17N3O3. The van der Waals surface area contributed by atoms with Crippen molar-refractivity contribution in [2.45, 2.75) is 12.8 Å². The molecule has 2 aromatic carbocycles. The summed E-state index contributed by atoms with van der Waals surface area (Å²) < 4.78 is 10.3. The van der Waals surface area contributed by atoms with Gasteiger partial charge in [0.05, 0.1) is 20.0 Å². The molecule has 1 aromatic heterocycles. The number of aromatic nitrogens is 2. The van der Waals surface area contributed by atoms with E-state index in [1.165, 1.54) is 0 Å². The van der Waals surface area contributed by atoms with Crippen LogP contribution in [0.15, 0.2) is 59.1 Å². The molecule has 0 saturated carbocycles. The van der Waals surface area contributed by atoms with E-state index < -0.39 is 0 Å². The summed E-state index contributed by atoms with van der Waals surface area (Å²) in [7, 11) is 1.62. The number of ether oxygens (including phenoxy) is 1. The third-order valence-electron chi connectivity index (χ3n) is 3.40. The molecule has 0 aliphatic rings. The zero-order valence-electron chi connectivity index (χ0n) is 13.2. The summed E-state index contributed by atoms with van der Waals surface area (Å²) in [6, 6.07) is 16.9. The number of amides is 1. The van der Waals surface area contributed by atoms with E-state index in [1.807, 2.05) is 54.6 Å². The van der Waals surface area contributed by atoms with Crippen LogP contribution in [0.25, 0.3) is 0 Å². The van der Waals surface area contributed by atoms with Crippen LogP contribution in [0.5, 0.6) is 5.75 Å². The topological polar surface area (TPSA) is 77.2 Å². The predicted octanol–water partition coefficient (Wildman–Crippen LogP) is 2.85. The van der Waals surface area contributed by atoms with Crippen molar-refractivity contribution in [1.29, 1.82) is 0 Å². The highest BCUT2D eigenvalue weighted by molar-refractivity contribution is 5.91. The van der Waals surface area contributed by atoms with Crippen molar-refractivity contribution in [2.75, 3.05) is 12.4 Å². The average molecular weight is 323 g/mol. The van der Waals surface area contributed by atoms with Gasteiger partial charge in [-0.3, -0.25) is 4.79 Å². The molecule has 0 aliphatic heterocycles. The molecule has 24 heavy (non-hydrogen) atoms. The van der Waals surface area contributed by atoms with Crippen LogP contribution < -0.4 is 10.1 Å². The van der Waals surface area contributed by atoms with Gasteiger partial charge in [-0.25, -0.2) is 0 Å². The predicted molar refractivity (Wildman–Crippen MR) is 88.9 cm³/mol. The normalized spacial score (nSPS) is 10.4. The maximum atomic E-state index is 12.0. The molecule has 0 aliphatic carbocycles. The number of nitrogens with zero attached hydrogens (tertiary/aromatic N) is 2. The molecule has 0 atom stereocenters. The van der Waals surface area contributed by atoms with Gasteiger partial charge in [0.1, 0.15) is 5.75 Å². The van der Waals surface area contributed by atoms with Crippen molar-refractivity contribution in [1.82, 2.24) is 10.1 Å². The summed E-state index contributed by atoms with van der Waals surface area (Å²) in [5, 5.41) is 6.64. The van der Waals surface area contributed by atoms with Crippen molar-refractivity contribution < 1.29 is 14.1 Å². The van der Waals surface area contributed by atoms with Crippen molar-refractivity contribution in [3.05, 3.63) is 71.9 Å². The number of hydrogen-bond acceptors (Lipinski definition) is 5. The first kappa shape index (κ1) is 15.7. The van der Waals surface area contributed by atoms with E-state index in [4.69, 9.17) is 9.26 Å². The molecule has 0 bridgehead atoms. The lowest BCUT2D eigenvalue weighted by Gasteiger charge is -2.02. The zero-order chi connectivity index (χ0) is 16.8. The number of hydrogen-bond donors (Lipinski definition) is 1. The fraction of sp³-hybridized carbons (Fsp3) is 0.167. The molecule has 1 heterocycles. The summed E-state index contributed by atoms with van der Waals surface area (Å²) in [4.78, 5) is 16.2. The van der Waals surface area contributed by atoms with Crippen LogP contribution in [-0.4, -0.2) is 23.2 Å². The number of rotatable bonds is 6. The molecule has 6 nitrogen and oxygen atoms in total. The van der Waals surface area contributed by atoms with Crippen LogP contribution >= 0.6 is 0 Å². The van der Waals surface area contributed by atoms with Crippen molar-refractivity contribution >= 4 is 11.6 Å². The molecule has 0 unspecified atom stereocenters. The molecule has 0 fully saturated rings. The largest absolute Gasteiger partial charge is 0.497 e. The number of carbonyl (C=O) groups excluding carboxylic acids is 1. The zero-order valence-corrected chi connectivity index (χ0v) is 13.2. The first-order valence-electron chi connectivity index (χ1n) is 7.52. The van der Waals surface area contributed by atoms with Gasteiger partial charge < -0.3 is 14.6 Å². The van der Waals surface area contributed by atoms with Crippen LogP contribution in [0, 0.1) is 0 Å². The molecule has 0 spiro atoms. The minimum atomic E-state index is -0.182. The van der Waals surface area contributed by atoms with Gasteiger partial charge in [0.15, 0.2) is 5.82 Å². The second-order valence-corrected chi connectivity index (χ2v) is 5.22. The summed E-state index contributed by atoms with van der Waals surface area (Å²) in [6.45, 7) is 0. The Morgan fingerprint density at radius 3 is 2.58 bits per heavy atom. The Labute approximate surface area is 139 Å². The summed E-state index contributed by atoms with van der Waals surface area (Å²) >= 11 is 0. The summed E-state index contributed by atoms with van der Waals surface area (Å²) in [5.74, 6) is 1.45. The van der Waals surface area contributed by atoms with E-state index in [0.717, 1.165) is 17.0 Å². The van der Waals surface area contributed by atoms with Crippen molar-refractivity contribution in [3.63, 3.8) is 0 Å². The van der Waals surface area contributed by atoms with Crippen molar-refractivity contribution in [2.24, 2.45) is 0 Å². The Hall–Kier alpha value is -3.15. The summed E-state index contributed by atoms with van der Waals surface area (Å²) in [5.41, 5.74) is 1.77. The van der Waals surface area contributed by atoms with Gasteiger partial charge in [0.25, 0.3) is 0 Å². The molecular weight excluding hydrogens is 306 g/mol. The standard InChI is InChI=1S/C18H17N3O3/c1-23-15-9-7-13(8-10-15)11-18-20-16(21-24-18)12-17(22)19-14-5-3-2-4-6-14/h2-10H,11-12H2,1H3,(H,19,22). The van der Waals surface area contributed by atoms with Gasteiger partial charge in [0.2, 0.25) is 11.8 Å². The lowest BCUT2D eigenvalue weighted by molar-refractivity contribution is -0.115. The average Bonchev–Trinajstić information content (AvgIpc) is 3.03. The molecule has 122 valence electrons. The van der Waals surface area contributed by atoms with Gasteiger partial charge in [0, 0.05) is 5.69 Å². The first-order chi connectivity index (χ1) is 11.7. The number of carbonyl (C=O) groups is 1. The van der Waals surface area contributed by atoms with Gasteiger partial charge in [-0.05, 0) is 29.8 Å². The third-order valence-corrected chi connectivity index (χ3v) is 3.40. The van der Waals surface area contributed by atoms with Crippen LogP contribution in [0.1, 0.15) is 17.3 Å². The highest BCUT2D eigenvalue weighted by Gasteiger charge is 2.11. The van der Waals surface area contributed by atoms with Crippen LogP contribution in [-0.2, 0) is 17.6 Å². The Morgan fingerprint density at radius 2 is 1.88 bits per heavy atom. The first-order valence-corrected chi connectivity index (χ1v) is 7.52. The third kappa shape index (κ3) is 4.19. The number of nitrogens with one attached hydrogen (secondary N) is 1. The van der Waals surface area contributed by atoms with Gasteiger partial charge in [-0.1, -0.05) is 35.5 Å². The van der Waals surface area contributed by atoms with Gasteiger partial charge in [-0.15, -0.1) is 0 Å². The second kappa shape index (κ2) is 7.41. The molecule has 0 radical (unpaired) electrons. The van der Waals surface area contributed by atoms with Crippen LogP contribution in [0.2, 0.25) is 0 Å². The van der Waals surface area contributed by atoms with E-state index in [9.17, 15) is 4.79 Å². The molecule has 0 saturated heterocycles. The maximum Gasteiger partial charge on any atom is 0.232 e. The fourth-order valence-corrected chi connectivity index (χ4v) is 2.22. The minimum Gasteiger partial charge on any atom is -0.497 e. The van der Waals surface area contributed by atoms with Crippen LogP contribution in [0.3, 0.4) is 0 Å². The molecule has 3 aromatic rings. The molecule has 6 heteroatoms. The monoisotopic (exact) mass is 323 g/mol. The maximum absolute atomic E-state index is 12.0. The minimum absolute atomic E-state index is 0.0704. The molecule has 1 N–H and O–H groups in total. The lowest BCUT2D eigenvalue weighted by Crippen LogP contribution is -2.15. The Kier molecular flexibility index (Phi) is 4.86. The number of methoxy groups -OCH3 is 1. The molecule has 1 amide bonds. The van der Waals surface area contributed by atoms with Crippen molar-refractivity contribution in [3.8, 4) is 5.75 Å². The summed E-state index contributed by atoms with van der Waals surface area (Å²) in [6.07, 6.45) is 0.582. The fourth-order valence-electron chi connectivity index (χ4n) is 2.22. The van der Waals surface area contributed by atoms with Gasteiger partial charge >= 0.3 is 0 Å². The highest BCUT2D eigenvalue weighted by atomic mass is 16.5. The van der Waals surface area contributed by atoms with Crippen LogP contribution in [0.4, 0.5) is 5.69 Å². The number of para-hydroxylation sites is 1. The van der Waals surface area contributed by atoms with E-state index in [-0.39, 0.29) is 12.3 Å². The van der Waals surface area contributed by atoms with Gasteiger partial charge in [-0.2, -0.15) is 4.98 Å². The Bertz CT molecular complexity index is 798. The highest BCUT2D eigenvalue weighted by Crippen LogP contribution is 2.14. The van der Waals surface area contributed by atoms with E-state index in [2.05, 4.69) is 15.5 Å². The SMILES string of the molecule is COc1ccc(Cc2nc(CC(=O)Nc3ccccc3)no2)cc1.